The Morgan fingerprint density at radius 3 is 2.25 bits per heavy atom. The minimum absolute atomic E-state index is 0.0700. The van der Waals surface area contributed by atoms with Crippen LogP contribution in [0, 0.1) is 11.2 Å². The Kier molecular flexibility index (Phi) is 10.4. The first-order valence-corrected chi connectivity index (χ1v) is 21.3. The second-order valence-corrected chi connectivity index (χ2v) is 18.3. The van der Waals surface area contributed by atoms with E-state index in [9.17, 15) is 5.11 Å². The first kappa shape index (κ1) is 39.8. The molecule has 3 aromatic carbocycles. The van der Waals surface area contributed by atoms with E-state index in [4.69, 9.17) is 27.6 Å². The first-order chi connectivity index (χ1) is 28.4. The molecule has 59 heavy (non-hydrogen) atoms. The third-order valence-corrected chi connectivity index (χ3v) is 14.4. The van der Waals surface area contributed by atoms with E-state index in [0.717, 1.165) is 18.4 Å². The maximum atomic E-state index is 17.2. The monoisotopic (exact) mass is 836 g/mol. The number of likely N-dealkylation sites (tertiary alicyclic amines) is 1. The number of nitrogens with one attached hydrogen (secondary N) is 2. The molecule has 13 heteroatoms. The van der Waals surface area contributed by atoms with Crippen LogP contribution in [0.2, 0.25) is 10.2 Å². The zero-order chi connectivity index (χ0) is 41.1. The number of fused-ring (bicyclic) bond motifs is 3. The number of amides is 2. The van der Waals surface area contributed by atoms with Crippen molar-refractivity contribution in [2.75, 3.05) is 5.32 Å². The van der Waals surface area contributed by atoms with E-state index in [1.165, 1.54) is 12.5 Å². The van der Waals surface area contributed by atoms with Crippen LogP contribution in [-0.4, -0.2) is 54.6 Å². The summed E-state index contributed by atoms with van der Waals surface area (Å²) in [5, 5.41) is 27.5. The molecule has 4 heterocycles. The lowest BCUT2D eigenvalue weighted by Gasteiger charge is -2.56. The number of carbonyl (C=O) groups excluding carboxylic acids is 2. The molecule has 4 aliphatic rings. The van der Waals surface area contributed by atoms with Gasteiger partial charge in [-0.15, -0.1) is 10.2 Å². The maximum absolute atomic E-state index is 17.2. The minimum atomic E-state index is -1.59. The maximum Gasteiger partial charge on any atom is 0.238 e. The minimum Gasteiger partial charge on any atom is -0.428 e. The summed E-state index contributed by atoms with van der Waals surface area (Å²) in [4.78, 5) is 38.3. The Bertz CT molecular complexity index is 2330. The number of pyridine rings is 1. The van der Waals surface area contributed by atoms with Gasteiger partial charge in [-0.05, 0) is 85.6 Å². The van der Waals surface area contributed by atoms with E-state index in [2.05, 4.69) is 44.6 Å². The molecule has 5 atom stereocenters. The summed E-state index contributed by atoms with van der Waals surface area (Å²) in [5.41, 5.74) is -0.795. The molecule has 5 aromatic rings. The van der Waals surface area contributed by atoms with Gasteiger partial charge in [-0.3, -0.25) is 14.5 Å². The fourth-order valence-electron chi connectivity index (χ4n) is 11.1. The van der Waals surface area contributed by atoms with Gasteiger partial charge in [-0.1, -0.05) is 116 Å². The average Bonchev–Trinajstić information content (AvgIpc) is 3.94. The Hall–Kier alpha value is -4.68. The van der Waals surface area contributed by atoms with Crippen molar-refractivity contribution >= 4 is 40.8 Å². The summed E-state index contributed by atoms with van der Waals surface area (Å²) in [6.07, 6.45) is 5.19. The normalized spacial score (nSPS) is 27.0. The number of aliphatic hydroxyl groups is 1. The molecule has 1 saturated heterocycles. The number of anilines is 1. The molecule has 306 valence electrons. The van der Waals surface area contributed by atoms with Gasteiger partial charge in [0, 0.05) is 29.0 Å². The molecular formula is C46H47Cl2FN6O4. The molecule has 9 rings (SSSR count). The van der Waals surface area contributed by atoms with E-state index in [1.54, 1.807) is 18.2 Å². The van der Waals surface area contributed by atoms with Crippen LogP contribution >= 0.6 is 23.2 Å². The summed E-state index contributed by atoms with van der Waals surface area (Å²) in [6, 6.07) is 25.0. The van der Waals surface area contributed by atoms with Gasteiger partial charge >= 0.3 is 0 Å². The number of carbonyl (C=O) groups is 2. The number of nitrogens with zero attached hydrogens (tertiary/aromatic N) is 4. The van der Waals surface area contributed by atoms with Gasteiger partial charge in [0.25, 0.3) is 0 Å². The van der Waals surface area contributed by atoms with E-state index in [-0.39, 0.29) is 44.8 Å². The number of hydrogen-bond donors (Lipinski definition) is 3. The van der Waals surface area contributed by atoms with Crippen molar-refractivity contribution in [3.8, 4) is 0 Å². The van der Waals surface area contributed by atoms with Crippen molar-refractivity contribution in [2.45, 2.75) is 112 Å². The topological polar surface area (TPSA) is 133 Å². The van der Waals surface area contributed by atoms with Gasteiger partial charge in [0.1, 0.15) is 22.2 Å². The Morgan fingerprint density at radius 2 is 1.59 bits per heavy atom. The molecule has 2 aliphatic heterocycles. The molecular weight excluding hydrogens is 790 g/mol. The quantitative estimate of drug-likeness (QED) is 0.132. The molecule has 3 N–H and O–H groups in total. The molecule has 10 nitrogen and oxygen atoms in total. The third kappa shape index (κ3) is 6.56. The summed E-state index contributed by atoms with van der Waals surface area (Å²) >= 11 is 13.2. The summed E-state index contributed by atoms with van der Waals surface area (Å²) in [6.45, 7) is 4.43. The predicted octanol–water partition coefficient (Wildman–Crippen LogP) is 9.22. The zero-order valence-corrected chi connectivity index (χ0v) is 34.5. The lowest BCUT2D eigenvalue weighted by atomic mass is 9.53. The lowest BCUT2D eigenvalue weighted by molar-refractivity contribution is -0.137. The van der Waals surface area contributed by atoms with E-state index in [0.29, 0.717) is 55.5 Å². The molecule has 2 aliphatic carbocycles. The number of rotatable bonds is 8. The van der Waals surface area contributed by atoms with Crippen LogP contribution < -0.4 is 10.6 Å². The first-order valence-electron chi connectivity index (χ1n) is 20.5. The second kappa shape index (κ2) is 15.4. The molecule has 0 bridgehead atoms. The highest BCUT2D eigenvalue weighted by atomic mass is 35.5. The highest BCUT2D eigenvalue weighted by molar-refractivity contribution is 6.31. The molecule has 2 aromatic heterocycles. The molecule has 2 spiro atoms. The van der Waals surface area contributed by atoms with Crippen LogP contribution in [-0.2, 0) is 15.0 Å². The number of aliphatic hydroxyl groups excluding tert-OH is 1. The summed E-state index contributed by atoms with van der Waals surface area (Å²) in [5.74, 6) is -1.66. The number of aromatic nitrogens is 3. The van der Waals surface area contributed by atoms with Crippen LogP contribution in [0.3, 0.4) is 0 Å². The van der Waals surface area contributed by atoms with Crippen molar-refractivity contribution in [3.63, 3.8) is 0 Å². The Balaban J connectivity index is 1.31. The molecule has 2 amide bonds. The summed E-state index contributed by atoms with van der Waals surface area (Å²) < 4.78 is 22.7. The van der Waals surface area contributed by atoms with Crippen molar-refractivity contribution in [1.29, 1.82) is 0 Å². The van der Waals surface area contributed by atoms with Crippen molar-refractivity contribution in [2.24, 2.45) is 5.41 Å². The number of hydrogen-bond acceptors (Lipinski definition) is 8. The highest BCUT2D eigenvalue weighted by Crippen LogP contribution is 2.69. The Morgan fingerprint density at radius 1 is 0.915 bits per heavy atom. The SMILES string of the molecule is CC1(C)CCC2(CC1)N([C@H](c1ccccc1)[C@@H](O)c1ccccc1)[C@@H](C(=O)NC1CCC(c3nnco3)CC1)[C@H](c1cccc(Cl)c1F)[C@]21C(=O)Nc2nc(Cl)ccc21. The van der Waals surface area contributed by atoms with Gasteiger partial charge in [-0.25, -0.2) is 9.37 Å². The third-order valence-electron chi connectivity index (χ3n) is 13.9. The average molecular weight is 838 g/mol. The van der Waals surface area contributed by atoms with Crippen molar-refractivity contribution < 1.29 is 23.5 Å². The standard InChI is InChI=1S/C46H47Cl2FN6O4/c1-44(2)22-24-45(25-23-44)46(32-20-21-34(48)52-40(32)53-43(46)58)35(31-14-9-15-33(47)36(31)49)38(41(57)51-30-18-16-29(17-19-30)42-54-50-26-59-42)55(45)37(27-10-5-3-6-11-27)39(56)28-12-7-4-8-13-28/h3-15,20-21,26,29-30,35,37-39,56H,16-19,22-25H2,1-2H3,(H,51,57)(H,52,53,58)/t29?,30?,35-,37+,38+,39-,46+/m0/s1. The largest absolute Gasteiger partial charge is 0.428 e. The number of benzene rings is 3. The van der Waals surface area contributed by atoms with E-state index < -0.39 is 46.8 Å². The number of halogens is 3. The van der Waals surface area contributed by atoms with Gasteiger partial charge in [-0.2, -0.15) is 0 Å². The van der Waals surface area contributed by atoms with Crippen molar-refractivity contribution in [1.82, 2.24) is 25.4 Å². The lowest BCUT2D eigenvalue weighted by Crippen LogP contribution is -2.64. The Labute approximate surface area is 352 Å². The zero-order valence-electron chi connectivity index (χ0n) is 33.0. The molecule has 3 fully saturated rings. The van der Waals surface area contributed by atoms with Gasteiger partial charge < -0.3 is 20.2 Å². The van der Waals surface area contributed by atoms with Crippen LogP contribution in [0.1, 0.15) is 117 Å². The fraction of sp³-hybridized carbons (Fsp3) is 0.413. The molecule has 0 radical (unpaired) electrons. The highest BCUT2D eigenvalue weighted by Gasteiger charge is 2.77. The summed E-state index contributed by atoms with van der Waals surface area (Å²) in [7, 11) is 0. The van der Waals surface area contributed by atoms with E-state index >= 15 is 14.0 Å². The van der Waals surface area contributed by atoms with E-state index in [1.807, 2.05) is 66.7 Å². The van der Waals surface area contributed by atoms with Gasteiger partial charge in [0.15, 0.2) is 0 Å². The predicted molar refractivity (Wildman–Crippen MR) is 222 cm³/mol. The fourth-order valence-corrected chi connectivity index (χ4v) is 11.4. The molecule has 0 unspecified atom stereocenters. The van der Waals surface area contributed by atoms with Gasteiger partial charge in [0.2, 0.25) is 24.1 Å². The van der Waals surface area contributed by atoms with Crippen LogP contribution in [0.15, 0.2) is 102 Å². The van der Waals surface area contributed by atoms with Crippen molar-refractivity contribution in [3.05, 3.63) is 142 Å². The van der Waals surface area contributed by atoms with Gasteiger partial charge in [0.05, 0.1) is 23.2 Å². The van der Waals surface area contributed by atoms with Crippen LogP contribution in [0.5, 0.6) is 0 Å². The molecule has 2 saturated carbocycles. The van der Waals surface area contributed by atoms with Crippen LogP contribution in [0.25, 0.3) is 0 Å². The van der Waals surface area contributed by atoms with Crippen LogP contribution in [0.4, 0.5) is 10.2 Å². The second-order valence-electron chi connectivity index (χ2n) is 17.5. The smallest absolute Gasteiger partial charge is 0.238 e.